The van der Waals surface area contributed by atoms with Crippen LogP contribution in [0.3, 0.4) is 0 Å². The molecule has 5 nitrogen and oxygen atoms in total. The van der Waals surface area contributed by atoms with Gasteiger partial charge in [-0.15, -0.1) is 10.2 Å². The van der Waals surface area contributed by atoms with Crippen LogP contribution in [-0.2, 0) is 17.9 Å². The molecule has 1 heterocycles. The Morgan fingerprint density at radius 2 is 2.14 bits per heavy atom. The topological polar surface area (TPSA) is 59.8 Å². The highest BCUT2D eigenvalue weighted by Crippen LogP contribution is 2.20. The number of halogens is 1. The van der Waals surface area contributed by atoms with Crippen molar-refractivity contribution in [2.45, 2.75) is 37.3 Å². The van der Waals surface area contributed by atoms with Crippen LogP contribution in [0.15, 0.2) is 35.7 Å². The maximum atomic E-state index is 12.1. The maximum absolute atomic E-state index is 12.1. The van der Waals surface area contributed by atoms with Gasteiger partial charge in [0.25, 0.3) is 0 Å². The van der Waals surface area contributed by atoms with Crippen molar-refractivity contribution in [1.82, 2.24) is 20.1 Å². The lowest BCUT2D eigenvalue weighted by atomic mass is 10.2. The van der Waals surface area contributed by atoms with Crippen LogP contribution < -0.4 is 5.32 Å². The lowest BCUT2D eigenvalue weighted by Gasteiger charge is -2.12. The fourth-order valence-corrected chi connectivity index (χ4v) is 2.74. The van der Waals surface area contributed by atoms with Crippen molar-refractivity contribution in [3.8, 4) is 0 Å². The molecule has 1 aromatic carbocycles. The van der Waals surface area contributed by atoms with Crippen LogP contribution in [0, 0.1) is 0 Å². The van der Waals surface area contributed by atoms with Crippen molar-refractivity contribution < 1.29 is 4.79 Å². The van der Waals surface area contributed by atoms with E-state index in [2.05, 4.69) is 15.5 Å². The summed E-state index contributed by atoms with van der Waals surface area (Å²) in [5.74, 6) is -0.0272. The zero-order chi connectivity index (χ0) is 15.2. The fourth-order valence-electron chi connectivity index (χ4n) is 1.70. The SMILES string of the molecule is CCn1cnnc1S[C@@H](C)C(=O)NCc1ccc(Cl)cc1. The van der Waals surface area contributed by atoms with E-state index in [0.717, 1.165) is 17.3 Å². The summed E-state index contributed by atoms with van der Waals surface area (Å²) >= 11 is 7.23. The van der Waals surface area contributed by atoms with E-state index in [-0.39, 0.29) is 11.2 Å². The van der Waals surface area contributed by atoms with Gasteiger partial charge in [-0.3, -0.25) is 4.79 Å². The molecule has 1 N–H and O–H groups in total. The predicted molar refractivity (Wildman–Crippen MR) is 84.3 cm³/mol. The molecule has 0 fully saturated rings. The third kappa shape index (κ3) is 4.47. The quantitative estimate of drug-likeness (QED) is 0.830. The summed E-state index contributed by atoms with van der Waals surface area (Å²) in [5, 5.41) is 12.0. The molecule has 0 saturated heterocycles. The average molecular weight is 325 g/mol. The standard InChI is InChI=1S/C14H17ClN4OS/c1-3-19-9-17-18-14(19)21-10(2)13(20)16-8-11-4-6-12(15)7-5-11/h4-7,9-10H,3,8H2,1-2H3,(H,16,20)/t10-/m0/s1. The van der Waals surface area contributed by atoms with Gasteiger partial charge in [-0.05, 0) is 31.5 Å². The van der Waals surface area contributed by atoms with Gasteiger partial charge in [0.1, 0.15) is 6.33 Å². The number of amides is 1. The van der Waals surface area contributed by atoms with Crippen molar-refractivity contribution in [3.05, 3.63) is 41.2 Å². The zero-order valence-electron chi connectivity index (χ0n) is 11.9. The molecule has 7 heteroatoms. The van der Waals surface area contributed by atoms with E-state index in [0.29, 0.717) is 11.6 Å². The van der Waals surface area contributed by atoms with E-state index in [4.69, 9.17) is 11.6 Å². The zero-order valence-corrected chi connectivity index (χ0v) is 13.5. The second-order valence-corrected chi connectivity index (χ2v) is 6.25. The third-order valence-electron chi connectivity index (χ3n) is 2.95. The molecular weight excluding hydrogens is 308 g/mol. The molecule has 0 radical (unpaired) electrons. The van der Waals surface area contributed by atoms with E-state index in [1.807, 2.05) is 42.7 Å². The molecule has 2 aromatic rings. The minimum Gasteiger partial charge on any atom is -0.351 e. The van der Waals surface area contributed by atoms with Crippen molar-refractivity contribution in [1.29, 1.82) is 0 Å². The average Bonchev–Trinajstić information content (AvgIpc) is 2.93. The third-order valence-corrected chi connectivity index (χ3v) is 4.30. The van der Waals surface area contributed by atoms with E-state index in [1.165, 1.54) is 11.8 Å². The highest BCUT2D eigenvalue weighted by Gasteiger charge is 2.17. The Morgan fingerprint density at radius 3 is 2.81 bits per heavy atom. The second kappa shape index (κ2) is 7.47. The molecule has 0 aliphatic carbocycles. The molecule has 21 heavy (non-hydrogen) atoms. The molecule has 0 aliphatic heterocycles. The number of hydrogen-bond acceptors (Lipinski definition) is 4. The molecule has 0 spiro atoms. The molecule has 0 saturated carbocycles. The van der Waals surface area contributed by atoms with E-state index < -0.39 is 0 Å². The van der Waals surface area contributed by atoms with Gasteiger partial charge in [-0.2, -0.15) is 0 Å². The van der Waals surface area contributed by atoms with Gasteiger partial charge in [0.2, 0.25) is 5.91 Å². The Labute approximate surface area is 133 Å². The molecule has 1 amide bonds. The summed E-state index contributed by atoms with van der Waals surface area (Å²) in [7, 11) is 0. The van der Waals surface area contributed by atoms with Gasteiger partial charge in [0.05, 0.1) is 5.25 Å². The number of nitrogens with zero attached hydrogens (tertiary/aromatic N) is 3. The molecule has 2 rings (SSSR count). The Kier molecular flexibility index (Phi) is 5.64. The Hall–Kier alpha value is -1.53. The summed E-state index contributed by atoms with van der Waals surface area (Å²) in [6.07, 6.45) is 1.67. The summed E-state index contributed by atoms with van der Waals surface area (Å²) in [5.41, 5.74) is 1.02. The van der Waals surface area contributed by atoms with Crippen LogP contribution in [0.25, 0.3) is 0 Å². The van der Waals surface area contributed by atoms with Crippen LogP contribution in [0.1, 0.15) is 19.4 Å². The van der Waals surface area contributed by atoms with Crippen molar-refractivity contribution in [3.63, 3.8) is 0 Å². The van der Waals surface area contributed by atoms with Gasteiger partial charge in [0.15, 0.2) is 5.16 Å². The monoisotopic (exact) mass is 324 g/mol. The van der Waals surface area contributed by atoms with E-state index in [1.54, 1.807) is 6.33 Å². The number of rotatable bonds is 6. The highest BCUT2D eigenvalue weighted by atomic mass is 35.5. The minimum atomic E-state index is -0.230. The molecular formula is C14H17ClN4OS. The first-order valence-electron chi connectivity index (χ1n) is 6.66. The number of carbonyl (C=O) groups is 1. The van der Waals surface area contributed by atoms with Gasteiger partial charge in [-0.25, -0.2) is 0 Å². The maximum Gasteiger partial charge on any atom is 0.233 e. The number of carbonyl (C=O) groups excluding carboxylic acids is 1. The summed E-state index contributed by atoms with van der Waals surface area (Å²) < 4.78 is 1.91. The Morgan fingerprint density at radius 1 is 1.43 bits per heavy atom. The van der Waals surface area contributed by atoms with Crippen LogP contribution in [0.5, 0.6) is 0 Å². The number of aryl methyl sites for hydroxylation is 1. The van der Waals surface area contributed by atoms with E-state index in [9.17, 15) is 4.79 Å². The van der Waals surface area contributed by atoms with Crippen LogP contribution in [0.4, 0.5) is 0 Å². The number of aromatic nitrogens is 3. The highest BCUT2D eigenvalue weighted by molar-refractivity contribution is 8.00. The smallest absolute Gasteiger partial charge is 0.233 e. The van der Waals surface area contributed by atoms with Crippen LogP contribution >= 0.6 is 23.4 Å². The second-order valence-electron chi connectivity index (χ2n) is 4.50. The molecule has 0 bridgehead atoms. The predicted octanol–water partition coefficient (Wildman–Crippen LogP) is 2.75. The number of thioether (sulfide) groups is 1. The number of hydrogen-bond donors (Lipinski definition) is 1. The molecule has 0 unspecified atom stereocenters. The van der Waals surface area contributed by atoms with E-state index >= 15 is 0 Å². The first-order chi connectivity index (χ1) is 10.1. The summed E-state index contributed by atoms with van der Waals surface area (Å²) in [6, 6.07) is 7.41. The van der Waals surface area contributed by atoms with Gasteiger partial charge in [0, 0.05) is 18.1 Å². The summed E-state index contributed by atoms with van der Waals surface area (Å²) in [4.78, 5) is 12.1. The first kappa shape index (κ1) is 15.9. The fraction of sp³-hybridized carbons (Fsp3) is 0.357. The lowest BCUT2D eigenvalue weighted by Crippen LogP contribution is -2.30. The van der Waals surface area contributed by atoms with Crippen molar-refractivity contribution in [2.75, 3.05) is 0 Å². The summed E-state index contributed by atoms with van der Waals surface area (Å²) in [6.45, 7) is 5.14. The molecule has 0 aliphatic rings. The van der Waals surface area contributed by atoms with Gasteiger partial charge >= 0.3 is 0 Å². The van der Waals surface area contributed by atoms with Crippen LogP contribution in [0.2, 0.25) is 5.02 Å². The largest absolute Gasteiger partial charge is 0.351 e. The van der Waals surface area contributed by atoms with Crippen molar-refractivity contribution >= 4 is 29.3 Å². The Bertz CT molecular complexity index is 599. The van der Waals surface area contributed by atoms with Crippen LogP contribution in [-0.4, -0.2) is 25.9 Å². The van der Waals surface area contributed by atoms with Gasteiger partial charge in [-0.1, -0.05) is 35.5 Å². The number of benzene rings is 1. The molecule has 1 atom stereocenters. The first-order valence-corrected chi connectivity index (χ1v) is 7.92. The normalized spacial score (nSPS) is 12.1. The number of nitrogens with one attached hydrogen (secondary N) is 1. The lowest BCUT2D eigenvalue weighted by molar-refractivity contribution is -0.120. The molecule has 112 valence electrons. The minimum absolute atomic E-state index is 0.0272. The van der Waals surface area contributed by atoms with Gasteiger partial charge < -0.3 is 9.88 Å². The van der Waals surface area contributed by atoms with Crippen molar-refractivity contribution in [2.24, 2.45) is 0 Å². The Balaban J connectivity index is 1.86. The molecule has 1 aromatic heterocycles.